The second-order valence-electron chi connectivity index (χ2n) is 2.72. The van der Waals surface area contributed by atoms with E-state index in [4.69, 9.17) is 0 Å². The van der Waals surface area contributed by atoms with E-state index in [1.807, 2.05) is 0 Å². The van der Waals surface area contributed by atoms with Crippen molar-refractivity contribution in [2.75, 3.05) is 0 Å². The Hall–Kier alpha value is -0.471. The molecule has 0 aromatic rings. The first-order valence-electron chi connectivity index (χ1n) is 3.61. The molecule has 0 aliphatic rings. The van der Waals surface area contributed by atoms with Crippen molar-refractivity contribution in [2.24, 2.45) is 0 Å². The summed E-state index contributed by atoms with van der Waals surface area (Å²) in [5.41, 5.74) is 0. The zero-order chi connectivity index (χ0) is 10.7. The molecule has 0 saturated heterocycles. The quantitative estimate of drug-likeness (QED) is 0.596. The van der Waals surface area contributed by atoms with E-state index in [9.17, 15) is 14.4 Å². The Balaban J connectivity index is -0.0000000450. The third-order valence-corrected chi connectivity index (χ3v) is 0. The summed E-state index contributed by atoms with van der Waals surface area (Å²) < 4.78 is 0. The average Bonchev–Trinajstić information content (AvgIpc) is 1.54. The van der Waals surface area contributed by atoms with Gasteiger partial charge in [-0.25, -0.2) is 0 Å². The predicted octanol–water partition coefficient (Wildman–Crippen LogP) is 1.78. The molecule has 3 nitrogen and oxygen atoms in total. The summed E-state index contributed by atoms with van der Waals surface area (Å²) in [5, 5.41) is 0. The van der Waals surface area contributed by atoms with Crippen molar-refractivity contribution in [3.63, 3.8) is 0 Å². The van der Waals surface area contributed by atoms with E-state index in [0.29, 0.717) is 0 Å². The number of hydrogen-bond acceptors (Lipinski definition) is 3. The van der Waals surface area contributed by atoms with Gasteiger partial charge in [-0.05, 0) is 41.5 Å². The summed E-state index contributed by atoms with van der Waals surface area (Å²) in [4.78, 5) is 28.3. The molecule has 0 spiro atoms. The molecule has 0 N–H and O–H groups in total. The first-order chi connectivity index (χ1) is 5.20. The summed E-state index contributed by atoms with van der Waals surface area (Å²) >= 11 is 0. The molecule has 0 aromatic heterocycles. The van der Waals surface area contributed by atoms with Crippen molar-refractivity contribution >= 4 is 17.3 Å². The first kappa shape index (κ1) is 22.9. The monoisotopic (exact) mass is 230 g/mol. The summed E-state index contributed by atoms with van der Waals surface area (Å²) in [5.74, 6) is 0.500. The van der Waals surface area contributed by atoms with Crippen LogP contribution in [0.4, 0.5) is 0 Å². The van der Waals surface area contributed by atoms with E-state index in [1.54, 1.807) is 0 Å². The first-order valence-corrected chi connectivity index (χ1v) is 3.61. The average molecular weight is 230 g/mol. The third kappa shape index (κ3) is 4730. The van der Waals surface area contributed by atoms with Crippen LogP contribution in [-0.4, -0.2) is 17.3 Å². The topological polar surface area (TPSA) is 51.2 Å². The Morgan fingerprint density at radius 1 is 0.538 bits per heavy atom. The maximum absolute atomic E-state index is 9.44. The second-order valence-corrected chi connectivity index (χ2v) is 2.72. The van der Waals surface area contributed by atoms with Gasteiger partial charge in [-0.15, -0.1) is 0 Å². The molecule has 0 aromatic carbocycles. The van der Waals surface area contributed by atoms with Crippen molar-refractivity contribution < 1.29 is 31.5 Å². The number of hydrogen-bond donors (Lipinski definition) is 0. The minimum Gasteiger partial charge on any atom is -0.300 e. The summed E-state index contributed by atoms with van der Waals surface area (Å²) in [6, 6.07) is 0. The number of Topliss-reactive ketones (excluding diaryl/α,β-unsaturated/α-hetero) is 3. The molecule has 0 aliphatic carbocycles. The molecule has 0 heterocycles. The van der Waals surface area contributed by atoms with Crippen LogP contribution in [-0.2, 0) is 31.5 Å². The summed E-state index contributed by atoms with van der Waals surface area (Å²) in [6.45, 7) is 9.17. The maximum Gasteiger partial charge on any atom is 0.126 e. The molecule has 0 bridgehead atoms. The molecule has 0 fully saturated rings. The van der Waals surface area contributed by atoms with Gasteiger partial charge in [0.25, 0.3) is 0 Å². The van der Waals surface area contributed by atoms with Crippen LogP contribution in [0.25, 0.3) is 0 Å². The van der Waals surface area contributed by atoms with Crippen LogP contribution < -0.4 is 0 Å². The van der Waals surface area contributed by atoms with E-state index >= 15 is 0 Å². The van der Waals surface area contributed by atoms with E-state index in [1.165, 1.54) is 41.5 Å². The van der Waals surface area contributed by atoms with Gasteiger partial charge in [0.15, 0.2) is 0 Å². The summed E-state index contributed by atoms with van der Waals surface area (Å²) in [6.07, 6.45) is 0. The fraction of sp³-hybridized carbons (Fsp3) is 0.667. The molecule has 0 amide bonds. The minimum atomic E-state index is 0. The van der Waals surface area contributed by atoms with Crippen LogP contribution in [0, 0.1) is 0 Å². The SMILES string of the molecule is CC(C)=O.CC(C)=O.CC(C)=O.[Fe]. The Bertz CT molecular complexity index is 112. The molecule has 4 heteroatoms. The fourth-order valence-electron chi connectivity index (χ4n) is 0. The number of rotatable bonds is 0. The van der Waals surface area contributed by atoms with Crippen molar-refractivity contribution in [3.05, 3.63) is 0 Å². The van der Waals surface area contributed by atoms with Gasteiger partial charge in [-0.1, -0.05) is 0 Å². The number of ketones is 3. The Labute approximate surface area is 90.8 Å². The smallest absolute Gasteiger partial charge is 0.126 e. The molecule has 0 saturated carbocycles. The Morgan fingerprint density at radius 2 is 0.538 bits per heavy atom. The van der Waals surface area contributed by atoms with E-state index < -0.39 is 0 Å². The molecule has 0 radical (unpaired) electrons. The molecular formula is C9H18FeO3. The van der Waals surface area contributed by atoms with Gasteiger partial charge in [-0.2, -0.15) is 0 Å². The Morgan fingerprint density at radius 3 is 0.538 bits per heavy atom. The van der Waals surface area contributed by atoms with Crippen LogP contribution in [0.15, 0.2) is 0 Å². The predicted molar refractivity (Wildman–Crippen MR) is 49.1 cm³/mol. The van der Waals surface area contributed by atoms with Crippen molar-refractivity contribution in [1.29, 1.82) is 0 Å². The molecule has 13 heavy (non-hydrogen) atoms. The fourth-order valence-corrected chi connectivity index (χ4v) is 0. The zero-order valence-electron chi connectivity index (χ0n) is 9.08. The van der Waals surface area contributed by atoms with Gasteiger partial charge >= 0.3 is 0 Å². The van der Waals surface area contributed by atoms with Crippen LogP contribution in [0.5, 0.6) is 0 Å². The maximum atomic E-state index is 9.44. The van der Waals surface area contributed by atoms with E-state index in [0.717, 1.165) is 0 Å². The van der Waals surface area contributed by atoms with Crippen LogP contribution >= 0.6 is 0 Å². The minimum absolute atomic E-state index is 0. The molecule has 80 valence electrons. The van der Waals surface area contributed by atoms with Crippen LogP contribution in [0.3, 0.4) is 0 Å². The molecular weight excluding hydrogens is 212 g/mol. The van der Waals surface area contributed by atoms with E-state index in [-0.39, 0.29) is 34.4 Å². The van der Waals surface area contributed by atoms with E-state index in [2.05, 4.69) is 0 Å². The normalized spacial score (nSPS) is 6.00. The van der Waals surface area contributed by atoms with Gasteiger partial charge in [0.2, 0.25) is 0 Å². The molecule has 0 unspecified atom stereocenters. The Kier molecular flexibility index (Phi) is 30.9. The number of carbonyl (C=O) groups is 3. The van der Waals surface area contributed by atoms with Crippen molar-refractivity contribution in [1.82, 2.24) is 0 Å². The van der Waals surface area contributed by atoms with Crippen molar-refractivity contribution in [3.8, 4) is 0 Å². The summed E-state index contributed by atoms with van der Waals surface area (Å²) in [7, 11) is 0. The van der Waals surface area contributed by atoms with Crippen LogP contribution in [0.2, 0.25) is 0 Å². The van der Waals surface area contributed by atoms with Crippen LogP contribution in [0.1, 0.15) is 41.5 Å². The van der Waals surface area contributed by atoms with Gasteiger partial charge in [0, 0.05) is 17.1 Å². The molecule has 0 aliphatic heterocycles. The van der Waals surface area contributed by atoms with Gasteiger partial charge in [-0.3, -0.25) is 0 Å². The van der Waals surface area contributed by atoms with Gasteiger partial charge in [0.1, 0.15) is 17.3 Å². The standard InChI is InChI=1S/3C3H6O.Fe/c3*1-3(2)4;/h3*1-2H3;. The number of carbonyl (C=O) groups excluding carboxylic acids is 3. The zero-order valence-corrected chi connectivity index (χ0v) is 10.2. The molecule has 0 atom stereocenters. The second kappa shape index (κ2) is 17.6. The largest absolute Gasteiger partial charge is 0.300 e. The third-order valence-electron chi connectivity index (χ3n) is 0. The molecule has 0 rings (SSSR count). The van der Waals surface area contributed by atoms with Gasteiger partial charge in [0.05, 0.1) is 0 Å². The van der Waals surface area contributed by atoms with Crippen molar-refractivity contribution in [2.45, 2.75) is 41.5 Å². The van der Waals surface area contributed by atoms with Gasteiger partial charge < -0.3 is 14.4 Å².